The van der Waals surface area contributed by atoms with Crippen molar-refractivity contribution in [3.8, 4) is 22.6 Å². The normalized spacial score (nSPS) is 13.7. The Morgan fingerprint density at radius 3 is 2.26 bits per heavy atom. The number of carboxylic acid groups (broad SMARTS) is 1. The van der Waals surface area contributed by atoms with E-state index in [1.807, 2.05) is 18.2 Å². The van der Waals surface area contributed by atoms with Gasteiger partial charge in [0, 0.05) is 0 Å². The van der Waals surface area contributed by atoms with E-state index in [1.54, 1.807) is 6.07 Å². The van der Waals surface area contributed by atoms with Crippen LogP contribution in [0.4, 0.5) is 0 Å². The first-order valence-corrected chi connectivity index (χ1v) is 7.64. The smallest absolute Gasteiger partial charge is 0.339 e. The number of fused-ring (bicyclic) bond motifs is 1. The molecule has 0 saturated carbocycles. The zero-order valence-corrected chi connectivity index (χ0v) is 13.6. The highest BCUT2D eigenvalue weighted by Gasteiger charge is 2.22. The maximum atomic E-state index is 11.5. The Bertz CT molecular complexity index is 739. The third kappa shape index (κ3) is 3.02. The van der Waals surface area contributed by atoms with Gasteiger partial charge in [-0.15, -0.1) is 0 Å². The highest BCUT2D eigenvalue weighted by atomic mass is 16.6. The van der Waals surface area contributed by atoms with Crippen LogP contribution in [0.5, 0.6) is 11.5 Å². The van der Waals surface area contributed by atoms with Crippen molar-refractivity contribution in [2.45, 2.75) is 26.2 Å². The monoisotopic (exact) mass is 312 g/mol. The second-order valence-electron chi connectivity index (χ2n) is 6.68. The molecule has 0 atom stereocenters. The standard InChI is InChI=1S/C19H20O4/c1-19(2,3)14-6-4-12(5-7-14)13-10-15(18(20)21)17-16(11-13)22-8-9-23-17/h4-7,10-11H,8-9H2,1-3H3,(H,20,21). The van der Waals surface area contributed by atoms with E-state index in [1.165, 1.54) is 5.56 Å². The lowest BCUT2D eigenvalue weighted by Crippen LogP contribution is -2.18. The Morgan fingerprint density at radius 1 is 1.00 bits per heavy atom. The molecule has 0 unspecified atom stereocenters. The summed E-state index contributed by atoms with van der Waals surface area (Å²) in [5, 5.41) is 9.43. The average Bonchev–Trinajstić information content (AvgIpc) is 2.53. The summed E-state index contributed by atoms with van der Waals surface area (Å²) in [7, 11) is 0. The van der Waals surface area contributed by atoms with Gasteiger partial charge in [-0.3, -0.25) is 0 Å². The Labute approximate surface area is 135 Å². The molecule has 1 N–H and O–H groups in total. The number of hydrogen-bond donors (Lipinski definition) is 1. The molecule has 3 rings (SSSR count). The van der Waals surface area contributed by atoms with Crippen molar-refractivity contribution < 1.29 is 19.4 Å². The number of rotatable bonds is 2. The van der Waals surface area contributed by atoms with Gasteiger partial charge in [-0.2, -0.15) is 0 Å². The van der Waals surface area contributed by atoms with Gasteiger partial charge in [-0.05, 0) is 34.2 Å². The van der Waals surface area contributed by atoms with Crippen molar-refractivity contribution in [2.75, 3.05) is 13.2 Å². The zero-order valence-electron chi connectivity index (χ0n) is 13.6. The van der Waals surface area contributed by atoms with Crippen LogP contribution in [0.25, 0.3) is 11.1 Å². The van der Waals surface area contributed by atoms with E-state index in [0.29, 0.717) is 24.7 Å². The second-order valence-corrected chi connectivity index (χ2v) is 6.68. The Hall–Kier alpha value is -2.49. The molecule has 0 aromatic heterocycles. The number of ether oxygens (including phenoxy) is 2. The van der Waals surface area contributed by atoms with E-state index in [9.17, 15) is 9.90 Å². The molecule has 0 aliphatic carbocycles. The third-order valence-electron chi connectivity index (χ3n) is 3.96. The van der Waals surface area contributed by atoms with E-state index < -0.39 is 5.97 Å². The van der Waals surface area contributed by atoms with Gasteiger partial charge in [0.15, 0.2) is 11.5 Å². The SMILES string of the molecule is CC(C)(C)c1ccc(-c2cc3c(c(C(=O)O)c2)OCCO3)cc1. The molecule has 2 aromatic carbocycles. The number of aromatic carboxylic acids is 1. The predicted molar refractivity (Wildman–Crippen MR) is 88.5 cm³/mol. The molecule has 1 aliphatic heterocycles. The molecule has 23 heavy (non-hydrogen) atoms. The lowest BCUT2D eigenvalue weighted by Gasteiger charge is -2.22. The fourth-order valence-electron chi connectivity index (χ4n) is 2.64. The summed E-state index contributed by atoms with van der Waals surface area (Å²) >= 11 is 0. The summed E-state index contributed by atoms with van der Waals surface area (Å²) in [6.45, 7) is 7.28. The van der Waals surface area contributed by atoms with Crippen LogP contribution in [-0.2, 0) is 5.41 Å². The van der Waals surface area contributed by atoms with Gasteiger partial charge in [-0.25, -0.2) is 4.79 Å². The molecule has 0 radical (unpaired) electrons. The molecule has 1 aliphatic rings. The Kier molecular flexibility index (Phi) is 3.76. The number of benzene rings is 2. The van der Waals surface area contributed by atoms with Crippen molar-refractivity contribution in [1.29, 1.82) is 0 Å². The van der Waals surface area contributed by atoms with E-state index in [-0.39, 0.29) is 11.0 Å². The van der Waals surface area contributed by atoms with Crippen LogP contribution in [0.1, 0.15) is 36.7 Å². The minimum absolute atomic E-state index is 0.0809. The molecule has 4 heteroatoms. The summed E-state index contributed by atoms with van der Waals surface area (Å²) in [6.07, 6.45) is 0. The first-order valence-electron chi connectivity index (χ1n) is 7.64. The number of hydrogen-bond acceptors (Lipinski definition) is 3. The summed E-state index contributed by atoms with van der Waals surface area (Å²) < 4.78 is 11.0. The molecule has 2 aromatic rings. The fraction of sp³-hybridized carbons (Fsp3) is 0.316. The van der Waals surface area contributed by atoms with E-state index in [2.05, 4.69) is 32.9 Å². The maximum Gasteiger partial charge on any atom is 0.339 e. The van der Waals surface area contributed by atoms with Crippen LogP contribution in [-0.4, -0.2) is 24.3 Å². The van der Waals surface area contributed by atoms with Crippen molar-refractivity contribution in [3.05, 3.63) is 47.5 Å². The van der Waals surface area contributed by atoms with E-state index >= 15 is 0 Å². The van der Waals surface area contributed by atoms with Gasteiger partial charge < -0.3 is 14.6 Å². The van der Waals surface area contributed by atoms with Crippen molar-refractivity contribution in [3.63, 3.8) is 0 Å². The van der Waals surface area contributed by atoms with Gasteiger partial charge in [0.25, 0.3) is 0 Å². The Balaban J connectivity index is 2.06. The molecule has 0 saturated heterocycles. The highest BCUT2D eigenvalue weighted by Crippen LogP contribution is 2.38. The van der Waals surface area contributed by atoms with Crippen LogP contribution >= 0.6 is 0 Å². The van der Waals surface area contributed by atoms with Gasteiger partial charge in [0.1, 0.15) is 18.8 Å². The van der Waals surface area contributed by atoms with Crippen molar-refractivity contribution >= 4 is 5.97 Å². The quantitative estimate of drug-likeness (QED) is 0.906. The van der Waals surface area contributed by atoms with Gasteiger partial charge in [0.05, 0.1) is 0 Å². The topological polar surface area (TPSA) is 55.8 Å². The van der Waals surface area contributed by atoms with Crippen molar-refractivity contribution in [2.24, 2.45) is 0 Å². The summed E-state index contributed by atoms with van der Waals surface area (Å²) in [4.78, 5) is 11.5. The number of carbonyl (C=O) groups is 1. The molecule has 120 valence electrons. The molecule has 0 fully saturated rings. The third-order valence-corrected chi connectivity index (χ3v) is 3.96. The largest absolute Gasteiger partial charge is 0.486 e. The predicted octanol–water partition coefficient (Wildman–Crippen LogP) is 4.12. The first-order chi connectivity index (χ1) is 10.9. The van der Waals surface area contributed by atoms with Crippen molar-refractivity contribution in [1.82, 2.24) is 0 Å². The molecule has 4 nitrogen and oxygen atoms in total. The zero-order chi connectivity index (χ0) is 16.6. The highest BCUT2D eigenvalue weighted by molar-refractivity contribution is 5.94. The fourth-order valence-corrected chi connectivity index (χ4v) is 2.64. The van der Waals surface area contributed by atoms with Crippen LogP contribution in [0.2, 0.25) is 0 Å². The Morgan fingerprint density at radius 2 is 1.65 bits per heavy atom. The molecule has 0 amide bonds. The summed E-state index contributed by atoms with van der Waals surface area (Å²) in [5.74, 6) is -0.204. The van der Waals surface area contributed by atoms with Crippen LogP contribution in [0, 0.1) is 0 Å². The lowest BCUT2D eigenvalue weighted by atomic mass is 9.86. The van der Waals surface area contributed by atoms with E-state index in [4.69, 9.17) is 9.47 Å². The maximum absolute atomic E-state index is 11.5. The van der Waals surface area contributed by atoms with Crippen LogP contribution < -0.4 is 9.47 Å². The molecular formula is C19H20O4. The van der Waals surface area contributed by atoms with Gasteiger partial charge in [-0.1, -0.05) is 45.0 Å². The lowest BCUT2D eigenvalue weighted by molar-refractivity contribution is 0.0686. The summed E-state index contributed by atoms with van der Waals surface area (Å²) in [6, 6.07) is 11.7. The van der Waals surface area contributed by atoms with Crippen LogP contribution in [0.15, 0.2) is 36.4 Å². The van der Waals surface area contributed by atoms with Gasteiger partial charge >= 0.3 is 5.97 Å². The molecule has 1 heterocycles. The van der Waals surface area contributed by atoms with Gasteiger partial charge in [0.2, 0.25) is 0 Å². The van der Waals surface area contributed by atoms with Crippen LogP contribution in [0.3, 0.4) is 0 Å². The second kappa shape index (κ2) is 5.61. The first kappa shape index (κ1) is 15.4. The molecule has 0 spiro atoms. The molecular weight excluding hydrogens is 292 g/mol. The number of carboxylic acids is 1. The summed E-state index contributed by atoms with van der Waals surface area (Å²) in [5.41, 5.74) is 3.22. The van der Waals surface area contributed by atoms with E-state index in [0.717, 1.165) is 11.1 Å². The average molecular weight is 312 g/mol. The minimum Gasteiger partial charge on any atom is -0.486 e. The molecule has 0 bridgehead atoms. The minimum atomic E-state index is -1.01.